The van der Waals surface area contributed by atoms with Gasteiger partial charge in [0, 0.05) is 6.54 Å². The van der Waals surface area contributed by atoms with Gasteiger partial charge in [0.25, 0.3) is 0 Å². The number of hydrogen-bond acceptors (Lipinski definition) is 3. The number of benzene rings is 1. The second-order valence-electron chi connectivity index (χ2n) is 6.98. The first-order valence-corrected chi connectivity index (χ1v) is 10.7. The fourth-order valence-electron chi connectivity index (χ4n) is 2.90. The molecule has 7 heteroatoms. The molecule has 0 aromatic heterocycles. The van der Waals surface area contributed by atoms with Crippen LogP contribution in [-0.2, 0) is 4.79 Å². The van der Waals surface area contributed by atoms with Gasteiger partial charge in [0.05, 0.1) is 10.7 Å². The summed E-state index contributed by atoms with van der Waals surface area (Å²) < 4.78 is 0. The summed E-state index contributed by atoms with van der Waals surface area (Å²) in [7, 11) is 0. The molecule has 2 rings (SSSR count). The molecule has 1 unspecified atom stereocenters. The van der Waals surface area contributed by atoms with Gasteiger partial charge in [-0.1, -0.05) is 37.6 Å². The third-order valence-corrected chi connectivity index (χ3v) is 5.83. The van der Waals surface area contributed by atoms with E-state index < -0.39 is 12.1 Å². The molecular formula is C19H28ClN3O2S. The third-order valence-electron chi connectivity index (χ3n) is 4.45. The van der Waals surface area contributed by atoms with Gasteiger partial charge in [0.2, 0.25) is 5.91 Å². The van der Waals surface area contributed by atoms with Crippen LogP contribution in [0.1, 0.15) is 33.1 Å². The average Bonchev–Trinajstić information content (AvgIpc) is 2.62. The van der Waals surface area contributed by atoms with Gasteiger partial charge in [-0.3, -0.25) is 4.79 Å². The van der Waals surface area contributed by atoms with E-state index in [4.69, 9.17) is 11.6 Å². The molecule has 0 aliphatic carbocycles. The van der Waals surface area contributed by atoms with Crippen LogP contribution in [0.2, 0.25) is 5.02 Å². The zero-order valence-electron chi connectivity index (χ0n) is 15.4. The highest BCUT2D eigenvalue weighted by atomic mass is 35.5. The van der Waals surface area contributed by atoms with Crippen molar-refractivity contribution in [2.45, 2.75) is 39.2 Å². The number of nitrogens with one attached hydrogen (secondary N) is 3. The number of para-hydroxylation sites is 1. The quantitative estimate of drug-likeness (QED) is 0.647. The molecule has 1 aromatic carbocycles. The summed E-state index contributed by atoms with van der Waals surface area (Å²) >= 11 is 7.99. The van der Waals surface area contributed by atoms with Crippen molar-refractivity contribution in [3.8, 4) is 0 Å². The molecule has 1 aliphatic rings. The Kier molecular flexibility index (Phi) is 8.59. The van der Waals surface area contributed by atoms with Gasteiger partial charge in [-0.25, -0.2) is 4.79 Å². The highest BCUT2D eigenvalue weighted by Gasteiger charge is 2.31. The largest absolute Gasteiger partial charge is 0.354 e. The fourth-order valence-corrected chi connectivity index (χ4v) is 4.23. The SMILES string of the molecule is CC(C)CCNC(=O)C(NC(=O)Nc1ccccc1Cl)C1CCSCC1. The molecule has 1 heterocycles. The third kappa shape index (κ3) is 6.72. The molecule has 3 amide bonds. The first kappa shape index (κ1) is 20.9. The predicted octanol–water partition coefficient (Wildman–Crippen LogP) is 4.14. The second kappa shape index (κ2) is 10.7. The van der Waals surface area contributed by atoms with E-state index in [1.54, 1.807) is 24.3 Å². The second-order valence-corrected chi connectivity index (χ2v) is 8.61. The Morgan fingerprint density at radius 3 is 2.58 bits per heavy atom. The lowest BCUT2D eigenvalue weighted by atomic mass is 9.93. The maximum atomic E-state index is 12.7. The molecule has 3 N–H and O–H groups in total. The first-order chi connectivity index (χ1) is 12.5. The molecule has 1 aromatic rings. The number of urea groups is 1. The lowest BCUT2D eigenvalue weighted by Gasteiger charge is -2.30. The topological polar surface area (TPSA) is 70.2 Å². The van der Waals surface area contributed by atoms with E-state index in [2.05, 4.69) is 29.8 Å². The lowest BCUT2D eigenvalue weighted by Crippen LogP contribution is -2.53. The summed E-state index contributed by atoms with van der Waals surface area (Å²) in [6, 6.07) is 6.13. The van der Waals surface area contributed by atoms with Crippen molar-refractivity contribution in [1.29, 1.82) is 0 Å². The van der Waals surface area contributed by atoms with Gasteiger partial charge < -0.3 is 16.0 Å². The van der Waals surface area contributed by atoms with E-state index in [0.717, 1.165) is 30.8 Å². The zero-order valence-corrected chi connectivity index (χ0v) is 17.0. The molecule has 0 spiro atoms. The van der Waals surface area contributed by atoms with Gasteiger partial charge in [-0.05, 0) is 54.7 Å². The average molecular weight is 398 g/mol. The molecule has 1 atom stereocenters. The minimum absolute atomic E-state index is 0.100. The molecule has 1 aliphatic heterocycles. The van der Waals surface area contributed by atoms with Gasteiger partial charge in [0.1, 0.15) is 6.04 Å². The van der Waals surface area contributed by atoms with Crippen LogP contribution in [-0.4, -0.2) is 36.0 Å². The van der Waals surface area contributed by atoms with E-state index in [1.165, 1.54) is 0 Å². The maximum absolute atomic E-state index is 12.7. The Hall–Kier alpha value is -1.40. The monoisotopic (exact) mass is 397 g/mol. The van der Waals surface area contributed by atoms with Crippen LogP contribution >= 0.6 is 23.4 Å². The Balaban J connectivity index is 1.99. The molecule has 5 nitrogen and oxygen atoms in total. The molecule has 0 bridgehead atoms. The summed E-state index contributed by atoms with van der Waals surface area (Å²) in [6.07, 6.45) is 2.78. The summed E-state index contributed by atoms with van der Waals surface area (Å²) in [5.41, 5.74) is 0.532. The van der Waals surface area contributed by atoms with Crippen LogP contribution in [0.4, 0.5) is 10.5 Å². The van der Waals surface area contributed by atoms with Gasteiger partial charge >= 0.3 is 6.03 Å². The molecule has 1 saturated heterocycles. The van der Waals surface area contributed by atoms with Crippen molar-refractivity contribution < 1.29 is 9.59 Å². The highest BCUT2D eigenvalue weighted by molar-refractivity contribution is 7.99. The van der Waals surface area contributed by atoms with Crippen molar-refractivity contribution in [1.82, 2.24) is 10.6 Å². The number of amides is 3. The molecule has 0 radical (unpaired) electrons. The molecule has 26 heavy (non-hydrogen) atoms. The molecular weight excluding hydrogens is 370 g/mol. The predicted molar refractivity (Wildman–Crippen MR) is 110 cm³/mol. The molecule has 0 saturated carbocycles. The summed E-state index contributed by atoms with van der Waals surface area (Å²) in [5.74, 6) is 2.63. The fraction of sp³-hybridized carbons (Fsp3) is 0.579. The van der Waals surface area contributed by atoms with Crippen molar-refractivity contribution in [3.05, 3.63) is 29.3 Å². The summed E-state index contributed by atoms with van der Waals surface area (Å²) in [6.45, 7) is 4.87. The smallest absolute Gasteiger partial charge is 0.319 e. The lowest BCUT2D eigenvalue weighted by molar-refractivity contribution is -0.124. The standard InChI is InChI=1S/C19H28ClN3O2S/c1-13(2)7-10-21-18(24)17(14-8-11-26-12-9-14)23-19(25)22-16-6-4-3-5-15(16)20/h3-6,13-14,17H,7-12H2,1-2H3,(H,21,24)(H2,22,23,25). The molecule has 144 valence electrons. The van der Waals surface area contributed by atoms with Gasteiger partial charge in [0.15, 0.2) is 0 Å². The number of thioether (sulfide) groups is 1. The van der Waals surface area contributed by atoms with E-state index in [9.17, 15) is 9.59 Å². The number of anilines is 1. The maximum Gasteiger partial charge on any atom is 0.319 e. The van der Waals surface area contributed by atoms with E-state index in [1.807, 2.05) is 11.8 Å². The number of carbonyl (C=O) groups is 2. The normalized spacial score (nSPS) is 16.2. The van der Waals surface area contributed by atoms with Crippen LogP contribution in [0, 0.1) is 11.8 Å². The summed E-state index contributed by atoms with van der Waals surface area (Å²) in [4.78, 5) is 25.1. The van der Waals surface area contributed by atoms with Crippen molar-refractivity contribution in [2.24, 2.45) is 11.8 Å². The van der Waals surface area contributed by atoms with Gasteiger partial charge in [-0.15, -0.1) is 0 Å². The van der Waals surface area contributed by atoms with Crippen LogP contribution < -0.4 is 16.0 Å². The Labute approximate surface area is 165 Å². The number of carbonyl (C=O) groups excluding carboxylic acids is 2. The first-order valence-electron chi connectivity index (χ1n) is 9.15. The van der Waals surface area contributed by atoms with Crippen molar-refractivity contribution >= 4 is 41.0 Å². The van der Waals surface area contributed by atoms with E-state index in [-0.39, 0.29) is 11.8 Å². The van der Waals surface area contributed by atoms with Crippen LogP contribution in [0.3, 0.4) is 0 Å². The number of rotatable bonds is 7. The van der Waals surface area contributed by atoms with Crippen LogP contribution in [0.5, 0.6) is 0 Å². The van der Waals surface area contributed by atoms with E-state index in [0.29, 0.717) is 23.2 Å². The van der Waals surface area contributed by atoms with Crippen LogP contribution in [0.25, 0.3) is 0 Å². The minimum atomic E-state index is -0.523. The molecule has 1 fully saturated rings. The summed E-state index contributed by atoms with van der Waals surface area (Å²) in [5, 5.41) is 9.06. The minimum Gasteiger partial charge on any atom is -0.354 e. The zero-order chi connectivity index (χ0) is 18.9. The van der Waals surface area contributed by atoms with E-state index >= 15 is 0 Å². The van der Waals surface area contributed by atoms with Gasteiger partial charge in [-0.2, -0.15) is 11.8 Å². The number of hydrogen-bond donors (Lipinski definition) is 3. The van der Waals surface area contributed by atoms with Crippen molar-refractivity contribution in [2.75, 3.05) is 23.4 Å². The Morgan fingerprint density at radius 1 is 1.23 bits per heavy atom. The Morgan fingerprint density at radius 2 is 1.92 bits per heavy atom. The number of halogens is 1. The Bertz CT molecular complexity index is 606. The van der Waals surface area contributed by atoms with Crippen LogP contribution in [0.15, 0.2) is 24.3 Å². The van der Waals surface area contributed by atoms with Crippen molar-refractivity contribution in [3.63, 3.8) is 0 Å². The highest BCUT2D eigenvalue weighted by Crippen LogP contribution is 2.26.